The summed E-state index contributed by atoms with van der Waals surface area (Å²) in [5, 5.41) is 10.3. The van der Waals surface area contributed by atoms with Gasteiger partial charge >= 0.3 is 5.97 Å². The van der Waals surface area contributed by atoms with Crippen LogP contribution >= 0.6 is 11.3 Å². The van der Waals surface area contributed by atoms with Gasteiger partial charge in [-0.15, -0.1) is 11.3 Å². The predicted molar refractivity (Wildman–Crippen MR) is 92.8 cm³/mol. The lowest BCUT2D eigenvalue weighted by atomic mass is 9.98. The zero-order chi connectivity index (χ0) is 17.2. The summed E-state index contributed by atoms with van der Waals surface area (Å²) in [5.41, 5.74) is 0.734. The SMILES string of the molecule is CC(C)c1nc(/C=C/c2cnc(C(C)(C)C)s2)ncc1C(=O)O. The normalized spacial score (nSPS) is 12.3. The lowest BCUT2D eigenvalue weighted by Gasteiger charge is -2.13. The summed E-state index contributed by atoms with van der Waals surface area (Å²) in [5.74, 6) is -0.474. The van der Waals surface area contributed by atoms with Crippen molar-refractivity contribution in [2.24, 2.45) is 0 Å². The molecule has 0 saturated carbocycles. The van der Waals surface area contributed by atoms with Crippen LogP contribution in [0.1, 0.15) is 72.3 Å². The van der Waals surface area contributed by atoms with Crippen molar-refractivity contribution in [1.82, 2.24) is 15.0 Å². The quantitative estimate of drug-likeness (QED) is 0.907. The molecule has 0 aromatic carbocycles. The Bertz CT molecular complexity index is 743. The van der Waals surface area contributed by atoms with E-state index >= 15 is 0 Å². The summed E-state index contributed by atoms with van der Waals surface area (Å²) in [4.78, 5) is 25.1. The van der Waals surface area contributed by atoms with E-state index in [4.69, 9.17) is 0 Å². The number of nitrogens with zero attached hydrogens (tertiary/aromatic N) is 3. The fourth-order valence-corrected chi connectivity index (χ4v) is 2.84. The van der Waals surface area contributed by atoms with Crippen LogP contribution in [0.15, 0.2) is 12.4 Å². The first-order chi connectivity index (χ1) is 10.7. The Balaban J connectivity index is 2.28. The molecule has 2 rings (SSSR count). The van der Waals surface area contributed by atoms with Crippen LogP contribution in [0.2, 0.25) is 0 Å². The molecule has 5 nitrogen and oxygen atoms in total. The van der Waals surface area contributed by atoms with Gasteiger partial charge in [0.1, 0.15) is 0 Å². The largest absolute Gasteiger partial charge is 0.478 e. The highest BCUT2D eigenvalue weighted by Crippen LogP contribution is 2.27. The first-order valence-corrected chi connectivity index (χ1v) is 8.24. The second-order valence-electron chi connectivity index (χ2n) is 6.64. The lowest BCUT2D eigenvalue weighted by molar-refractivity contribution is 0.0694. The molecule has 23 heavy (non-hydrogen) atoms. The van der Waals surface area contributed by atoms with E-state index in [0.717, 1.165) is 9.88 Å². The van der Waals surface area contributed by atoms with Crippen molar-refractivity contribution in [3.8, 4) is 0 Å². The second kappa shape index (κ2) is 6.58. The van der Waals surface area contributed by atoms with Crippen LogP contribution in [-0.4, -0.2) is 26.0 Å². The fraction of sp³-hybridized carbons (Fsp3) is 0.412. The Morgan fingerprint density at radius 2 is 1.91 bits per heavy atom. The average Bonchev–Trinajstić information content (AvgIpc) is 2.93. The Morgan fingerprint density at radius 3 is 2.43 bits per heavy atom. The molecule has 0 spiro atoms. The summed E-state index contributed by atoms with van der Waals surface area (Å²) in [6, 6.07) is 0. The van der Waals surface area contributed by atoms with Gasteiger partial charge in [0.15, 0.2) is 5.82 Å². The molecule has 0 fully saturated rings. The van der Waals surface area contributed by atoms with Gasteiger partial charge < -0.3 is 5.11 Å². The Kier molecular flexibility index (Phi) is 4.94. The molecule has 2 aromatic heterocycles. The van der Waals surface area contributed by atoms with Crippen molar-refractivity contribution >= 4 is 29.5 Å². The smallest absolute Gasteiger partial charge is 0.339 e. The van der Waals surface area contributed by atoms with Gasteiger partial charge in [0.2, 0.25) is 0 Å². The first-order valence-electron chi connectivity index (χ1n) is 7.43. The van der Waals surface area contributed by atoms with Crippen molar-refractivity contribution in [1.29, 1.82) is 0 Å². The van der Waals surface area contributed by atoms with E-state index in [1.54, 1.807) is 17.4 Å². The average molecular weight is 331 g/mol. The van der Waals surface area contributed by atoms with Crippen molar-refractivity contribution in [3.05, 3.63) is 39.4 Å². The number of thiazole rings is 1. The first kappa shape index (κ1) is 17.3. The molecule has 0 aliphatic heterocycles. The van der Waals surface area contributed by atoms with Crippen molar-refractivity contribution in [2.45, 2.75) is 46.0 Å². The minimum atomic E-state index is -0.999. The molecule has 122 valence electrons. The zero-order valence-electron chi connectivity index (χ0n) is 14.0. The van der Waals surface area contributed by atoms with Crippen LogP contribution in [-0.2, 0) is 5.41 Å². The Labute approximate surface area is 140 Å². The number of carboxylic acids is 1. The van der Waals surface area contributed by atoms with Gasteiger partial charge in [-0.05, 0) is 18.1 Å². The van der Waals surface area contributed by atoms with Crippen LogP contribution in [0.3, 0.4) is 0 Å². The highest BCUT2D eigenvalue weighted by molar-refractivity contribution is 7.12. The van der Waals surface area contributed by atoms with Crippen LogP contribution in [0.5, 0.6) is 0 Å². The highest BCUT2D eigenvalue weighted by atomic mass is 32.1. The highest BCUT2D eigenvalue weighted by Gasteiger charge is 2.18. The molecule has 0 aliphatic carbocycles. The molecule has 2 heterocycles. The second-order valence-corrected chi connectivity index (χ2v) is 7.70. The van der Waals surface area contributed by atoms with E-state index in [2.05, 4.69) is 35.7 Å². The Morgan fingerprint density at radius 1 is 1.22 bits per heavy atom. The summed E-state index contributed by atoms with van der Waals surface area (Å²) in [7, 11) is 0. The third-order valence-corrected chi connectivity index (χ3v) is 4.56. The van der Waals surface area contributed by atoms with Gasteiger partial charge in [-0.2, -0.15) is 0 Å². The number of carboxylic acid groups (broad SMARTS) is 1. The van der Waals surface area contributed by atoms with E-state index in [1.807, 2.05) is 26.1 Å². The minimum absolute atomic E-state index is 0.0205. The number of rotatable bonds is 4. The van der Waals surface area contributed by atoms with Gasteiger partial charge in [0.05, 0.1) is 16.3 Å². The maximum atomic E-state index is 11.2. The van der Waals surface area contributed by atoms with Crippen LogP contribution in [0.25, 0.3) is 12.2 Å². The minimum Gasteiger partial charge on any atom is -0.478 e. The molecule has 0 amide bonds. The Hall–Kier alpha value is -2.08. The predicted octanol–water partition coefficient (Wildman–Crippen LogP) is 4.22. The van der Waals surface area contributed by atoms with E-state index in [0.29, 0.717) is 11.5 Å². The number of aromatic carboxylic acids is 1. The van der Waals surface area contributed by atoms with Gasteiger partial charge in [-0.1, -0.05) is 34.6 Å². The number of carbonyl (C=O) groups is 1. The standard InChI is InChI=1S/C17H21N3O2S/c1-10(2)14-12(15(21)22)9-18-13(20-14)7-6-11-8-19-16(23-11)17(3,4)5/h6-10H,1-5H3,(H,21,22)/b7-6+. The van der Waals surface area contributed by atoms with Crippen LogP contribution < -0.4 is 0 Å². The molecular weight excluding hydrogens is 310 g/mol. The number of aromatic nitrogens is 3. The number of hydrogen-bond donors (Lipinski definition) is 1. The van der Waals surface area contributed by atoms with E-state index in [-0.39, 0.29) is 16.9 Å². The monoisotopic (exact) mass is 331 g/mol. The molecule has 0 bridgehead atoms. The molecule has 0 saturated heterocycles. The molecule has 1 N–H and O–H groups in total. The van der Waals surface area contributed by atoms with Gasteiger partial charge in [-0.25, -0.2) is 19.7 Å². The van der Waals surface area contributed by atoms with Crippen molar-refractivity contribution in [3.63, 3.8) is 0 Å². The van der Waals surface area contributed by atoms with Crippen LogP contribution in [0.4, 0.5) is 0 Å². The van der Waals surface area contributed by atoms with E-state index in [1.165, 1.54) is 6.20 Å². The molecule has 0 unspecified atom stereocenters. The maximum absolute atomic E-state index is 11.2. The van der Waals surface area contributed by atoms with Gasteiger partial charge in [0, 0.05) is 22.7 Å². The molecule has 2 aromatic rings. The lowest BCUT2D eigenvalue weighted by Crippen LogP contribution is -2.09. The van der Waals surface area contributed by atoms with Gasteiger partial charge in [0.25, 0.3) is 0 Å². The van der Waals surface area contributed by atoms with Gasteiger partial charge in [-0.3, -0.25) is 0 Å². The van der Waals surface area contributed by atoms with Crippen LogP contribution in [0, 0.1) is 0 Å². The third-order valence-electron chi connectivity index (χ3n) is 3.18. The molecule has 6 heteroatoms. The van der Waals surface area contributed by atoms with Crippen molar-refractivity contribution in [2.75, 3.05) is 0 Å². The van der Waals surface area contributed by atoms with E-state index in [9.17, 15) is 9.90 Å². The number of hydrogen-bond acceptors (Lipinski definition) is 5. The van der Waals surface area contributed by atoms with E-state index < -0.39 is 5.97 Å². The third kappa shape index (κ3) is 4.22. The zero-order valence-corrected chi connectivity index (χ0v) is 14.8. The molecule has 0 atom stereocenters. The summed E-state index contributed by atoms with van der Waals surface area (Å²) in [6.07, 6.45) is 6.90. The fourth-order valence-electron chi connectivity index (χ4n) is 1.96. The maximum Gasteiger partial charge on any atom is 0.339 e. The summed E-state index contributed by atoms with van der Waals surface area (Å²) >= 11 is 1.63. The molecule has 0 radical (unpaired) electrons. The summed E-state index contributed by atoms with van der Waals surface area (Å²) < 4.78 is 0. The molecular formula is C17H21N3O2S. The molecule has 0 aliphatic rings. The van der Waals surface area contributed by atoms with Crippen molar-refractivity contribution < 1.29 is 9.90 Å². The summed E-state index contributed by atoms with van der Waals surface area (Å²) in [6.45, 7) is 10.2. The topological polar surface area (TPSA) is 76.0 Å².